The van der Waals surface area contributed by atoms with E-state index in [2.05, 4.69) is 0 Å². The maximum Gasteiger partial charge on any atom is 0.340 e. The van der Waals surface area contributed by atoms with Gasteiger partial charge in [0, 0.05) is 194 Å². The van der Waals surface area contributed by atoms with E-state index in [0.29, 0.717) is 0 Å². The molecule has 27 heavy (non-hydrogen) atoms. The quantitative estimate of drug-likeness (QED) is 0.139. The first-order chi connectivity index (χ1) is 8.89. The fourth-order valence-corrected chi connectivity index (χ4v) is 2.63. The number of carboxylic acids is 4. The van der Waals surface area contributed by atoms with Crippen molar-refractivity contribution in [2.75, 3.05) is 0 Å². The third-order valence-electron chi connectivity index (χ3n) is 2.39. The molecule has 0 aliphatic carbocycles. The van der Waals surface area contributed by atoms with E-state index in [1.165, 1.54) is 0 Å². The van der Waals surface area contributed by atoms with Crippen molar-refractivity contribution in [3.63, 3.8) is 0 Å². The van der Waals surface area contributed by atoms with Crippen LogP contribution in [0.2, 0.25) is 0 Å². The Hall–Kier alpha value is 4.55. The van der Waals surface area contributed by atoms with Gasteiger partial charge in [-0.25, -0.2) is 0 Å². The molecule has 0 aromatic carbocycles. The zero-order valence-corrected chi connectivity index (χ0v) is 30.0. The van der Waals surface area contributed by atoms with Crippen molar-refractivity contribution in [1.29, 1.82) is 0 Å². The van der Waals surface area contributed by atoms with Gasteiger partial charge < -0.3 is 30.2 Å². The van der Waals surface area contributed by atoms with Gasteiger partial charge in [-0.15, -0.1) is 0 Å². The summed E-state index contributed by atoms with van der Waals surface area (Å²) in [5.41, 5.74) is -2.86. The Morgan fingerprint density at radius 1 is 0.704 bits per heavy atom. The van der Waals surface area contributed by atoms with E-state index >= 15 is 0 Å². The van der Waals surface area contributed by atoms with Crippen LogP contribution in [-0.4, -0.2) is 237 Å². The van der Waals surface area contributed by atoms with Crippen LogP contribution < -0.4 is 0 Å². The van der Waals surface area contributed by atoms with Gasteiger partial charge in [0.25, 0.3) is 0 Å². The molecule has 3 atom stereocenters. The van der Waals surface area contributed by atoms with Gasteiger partial charge in [0.15, 0.2) is 5.66 Å². The second kappa shape index (κ2) is 25.2. The average Bonchev–Trinajstić information content (AvgIpc) is 2.19. The van der Waals surface area contributed by atoms with Crippen molar-refractivity contribution in [2.24, 2.45) is 11.8 Å². The first kappa shape index (κ1) is 53.1. The molecule has 6 radical (unpaired) electrons. The predicted octanol–water partition coefficient (Wildman–Crippen LogP) is -3.79. The average molecular weight is 508 g/mol. The van der Waals surface area contributed by atoms with Crippen molar-refractivity contribution in [3.05, 3.63) is 0 Å². The minimum Gasteiger partial charge on any atom is -0.481 e. The van der Waals surface area contributed by atoms with E-state index in [4.69, 9.17) is 30.2 Å². The summed E-state index contributed by atoms with van der Waals surface area (Å²) >= 11 is 0. The zero-order valence-electron chi connectivity index (χ0n) is 16.0. The van der Waals surface area contributed by atoms with Crippen LogP contribution in [0.4, 0.5) is 0 Å². The molecular formula is C8H11FeNa6O11P. The van der Waals surface area contributed by atoms with Crippen LogP contribution in [0, 0.1) is 11.8 Å². The number of rotatable bonds is 8. The minimum atomic E-state index is -5.52. The maximum atomic E-state index is 11.0. The molecule has 6 N–H and O–H groups in total. The standard InChI is InChI=1S/C8H11O11P.Fe.6Na/c9-3(10)1-2(6(11)12)4(7(13)14)5(8(15)16)20(17,18)19;;;;;;;/h2,4-5H,1H2,(H,9,10)(H,11,12)(H,13,14)(H,15,16)(H2,17,18,19);;;;;;;. The summed E-state index contributed by atoms with van der Waals surface area (Å²) in [6.07, 6.45) is -1.30. The fourth-order valence-electron chi connectivity index (χ4n) is 1.59. The van der Waals surface area contributed by atoms with Crippen molar-refractivity contribution < 1.29 is 71.0 Å². The van der Waals surface area contributed by atoms with E-state index in [1.807, 2.05) is 0 Å². The van der Waals surface area contributed by atoms with Crippen molar-refractivity contribution in [2.45, 2.75) is 12.1 Å². The molecule has 0 aromatic rings. The molecule has 0 aliphatic rings. The Bertz CT molecular complexity index is 503. The van der Waals surface area contributed by atoms with Crippen LogP contribution in [0.15, 0.2) is 0 Å². The third-order valence-corrected chi connectivity index (χ3v) is 3.65. The maximum absolute atomic E-state index is 11.0. The van der Waals surface area contributed by atoms with Gasteiger partial charge >= 0.3 is 31.5 Å². The number of hydrogen-bond acceptors (Lipinski definition) is 5. The van der Waals surface area contributed by atoms with Crippen LogP contribution in [0.1, 0.15) is 6.42 Å². The molecule has 11 nitrogen and oxygen atoms in total. The van der Waals surface area contributed by atoms with Crippen LogP contribution in [-0.2, 0) is 40.8 Å². The Labute approximate surface area is 297 Å². The normalized spacial score (nSPS) is 11.8. The van der Waals surface area contributed by atoms with Crippen LogP contribution >= 0.6 is 7.60 Å². The van der Waals surface area contributed by atoms with E-state index < -0.39 is 55.4 Å². The molecule has 0 heterocycles. The Morgan fingerprint density at radius 2 is 1.04 bits per heavy atom. The molecule has 0 amide bonds. The van der Waals surface area contributed by atoms with Crippen molar-refractivity contribution in [3.8, 4) is 0 Å². The first-order valence-electron chi connectivity index (χ1n) is 4.85. The summed E-state index contributed by atoms with van der Waals surface area (Å²) < 4.78 is 11.0. The molecule has 128 valence electrons. The second-order valence-corrected chi connectivity index (χ2v) is 5.51. The molecule has 0 bridgehead atoms. The molecule has 19 heteroatoms. The zero-order chi connectivity index (χ0) is 16.2. The summed E-state index contributed by atoms with van der Waals surface area (Å²) in [6, 6.07) is 0. The Kier molecular flexibility index (Phi) is 49.5. The van der Waals surface area contributed by atoms with Crippen LogP contribution in [0.25, 0.3) is 0 Å². The molecule has 0 saturated heterocycles. The molecule has 0 saturated carbocycles. The minimum absolute atomic E-state index is 0. The van der Waals surface area contributed by atoms with Gasteiger partial charge in [-0.3, -0.25) is 23.7 Å². The molecule has 3 unspecified atom stereocenters. The number of carboxylic acid groups (broad SMARTS) is 4. The smallest absolute Gasteiger partial charge is 0.340 e. The van der Waals surface area contributed by atoms with Gasteiger partial charge in [0.1, 0.15) is 0 Å². The summed E-state index contributed by atoms with van der Waals surface area (Å²) in [5, 5.41) is 34.8. The van der Waals surface area contributed by atoms with Crippen LogP contribution in [0.5, 0.6) is 0 Å². The summed E-state index contributed by atoms with van der Waals surface area (Å²) in [6.45, 7) is 0. The largest absolute Gasteiger partial charge is 0.481 e. The first-order valence-corrected chi connectivity index (χ1v) is 6.53. The van der Waals surface area contributed by atoms with E-state index in [9.17, 15) is 23.7 Å². The summed E-state index contributed by atoms with van der Waals surface area (Å²) in [4.78, 5) is 60.8. The SMILES string of the molecule is O=C(O)CC(C(=O)O)C(C(=O)O)C(C(=O)O)P(=O)(O)O.[Fe].[Na].[Na].[Na].[Na].[Na].[Na]. The number of carbonyl (C=O) groups is 4. The fraction of sp³-hybridized carbons (Fsp3) is 0.500. The van der Waals surface area contributed by atoms with Crippen LogP contribution in [0.3, 0.4) is 0 Å². The van der Waals surface area contributed by atoms with Gasteiger partial charge in [-0.1, -0.05) is 0 Å². The van der Waals surface area contributed by atoms with Crippen molar-refractivity contribution >= 4 is 209 Å². The Morgan fingerprint density at radius 3 is 1.19 bits per heavy atom. The molecule has 0 aliphatic heterocycles. The van der Waals surface area contributed by atoms with Crippen molar-refractivity contribution in [1.82, 2.24) is 0 Å². The third kappa shape index (κ3) is 20.9. The van der Waals surface area contributed by atoms with Gasteiger partial charge in [0.05, 0.1) is 18.3 Å². The van der Waals surface area contributed by atoms with Gasteiger partial charge in [-0.2, -0.15) is 0 Å². The Balaban J connectivity index is -0.0000000860. The van der Waals surface area contributed by atoms with E-state index in [-0.39, 0.29) is 194 Å². The molecule has 0 spiro atoms. The molecule has 0 fully saturated rings. The van der Waals surface area contributed by atoms with E-state index in [1.54, 1.807) is 0 Å². The summed E-state index contributed by atoms with van der Waals surface area (Å²) in [7, 11) is -5.52. The molecule has 0 aromatic heterocycles. The number of hydrogen-bond donors (Lipinski definition) is 6. The van der Waals surface area contributed by atoms with Gasteiger partial charge in [0.2, 0.25) is 0 Å². The monoisotopic (exact) mass is 508 g/mol. The second-order valence-electron chi connectivity index (χ2n) is 3.78. The topological polar surface area (TPSA) is 207 Å². The number of aliphatic carboxylic acids is 4. The van der Waals surface area contributed by atoms with Gasteiger partial charge in [-0.05, 0) is 0 Å². The van der Waals surface area contributed by atoms with E-state index in [0.717, 1.165) is 0 Å². The summed E-state index contributed by atoms with van der Waals surface area (Å²) in [5.74, 6) is -13.0. The predicted molar refractivity (Wildman–Crippen MR) is 92.5 cm³/mol. The molecular weight excluding hydrogens is 497 g/mol. The molecule has 0 rings (SSSR count).